The number of pyridine rings is 1. The molecule has 0 aliphatic carbocycles. The van der Waals surface area contributed by atoms with Crippen molar-refractivity contribution in [2.45, 2.75) is 110 Å². The third-order valence-electron chi connectivity index (χ3n) is 12.9. The number of thiazole rings is 1. The van der Waals surface area contributed by atoms with Crippen LogP contribution in [-0.4, -0.2) is 124 Å². The molecule has 3 aliphatic rings. The minimum Gasteiger partial charge on any atom is -0.464 e. The molecule has 1 unspecified atom stereocenters. The van der Waals surface area contributed by atoms with Crippen LogP contribution in [0.25, 0.3) is 33.4 Å². The Bertz CT molecular complexity index is 2450. The summed E-state index contributed by atoms with van der Waals surface area (Å²) < 4.78 is 14.2. The van der Waals surface area contributed by atoms with Crippen molar-refractivity contribution in [2.75, 3.05) is 40.4 Å². The second-order valence-corrected chi connectivity index (χ2v) is 19.4. The van der Waals surface area contributed by atoms with Gasteiger partial charge in [-0.3, -0.25) is 29.2 Å². The van der Waals surface area contributed by atoms with Crippen molar-refractivity contribution in [3.63, 3.8) is 0 Å². The Hall–Kier alpha value is -5.65. The molecule has 5 atom stereocenters. The number of amides is 5. The molecule has 3 aliphatic heterocycles. The zero-order chi connectivity index (χ0) is 46.7. The summed E-state index contributed by atoms with van der Waals surface area (Å²) in [6, 6.07) is 7.02. The van der Waals surface area contributed by atoms with Crippen LogP contribution in [0.15, 0.2) is 54.6 Å². The average molecular weight is 910 g/mol. The molecule has 0 saturated carbocycles. The van der Waals surface area contributed by atoms with Gasteiger partial charge in [-0.05, 0) is 81.4 Å². The highest BCUT2D eigenvalue weighted by Crippen LogP contribution is 2.42. The van der Waals surface area contributed by atoms with Gasteiger partial charge in [-0.1, -0.05) is 40.3 Å². The van der Waals surface area contributed by atoms with Crippen LogP contribution >= 0.6 is 11.3 Å². The highest BCUT2D eigenvalue weighted by molar-refractivity contribution is 7.10. The second kappa shape index (κ2) is 19.8. The van der Waals surface area contributed by atoms with Crippen molar-refractivity contribution in [1.82, 2.24) is 45.4 Å². The number of fused-ring (bicyclic) bond motifs is 6. The first kappa shape index (κ1) is 47.3. The number of esters is 1. The van der Waals surface area contributed by atoms with E-state index in [9.17, 15) is 24.0 Å². The van der Waals surface area contributed by atoms with E-state index in [2.05, 4.69) is 72.2 Å². The maximum Gasteiger partial charge on any atom is 0.324 e. The van der Waals surface area contributed by atoms with Gasteiger partial charge in [0.25, 0.3) is 5.91 Å². The van der Waals surface area contributed by atoms with E-state index in [1.807, 2.05) is 32.2 Å². The zero-order valence-electron chi connectivity index (χ0n) is 38.8. The van der Waals surface area contributed by atoms with E-state index in [0.29, 0.717) is 50.3 Å². The van der Waals surface area contributed by atoms with Crippen LogP contribution in [0, 0.1) is 11.3 Å². The number of urea groups is 1. The number of rotatable bonds is 11. The molecular weight excluding hydrogens is 847 g/mol. The van der Waals surface area contributed by atoms with Crippen LogP contribution < -0.4 is 16.1 Å². The van der Waals surface area contributed by atoms with Crippen molar-refractivity contribution in [2.24, 2.45) is 11.3 Å². The fraction of sp³-hybridized carbons (Fsp3) is 0.521. The molecule has 0 spiro atoms. The number of likely N-dealkylation sites (N-methyl/N-ethyl adjacent to an activating group) is 1. The molecule has 2 fully saturated rings. The Labute approximate surface area is 385 Å². The van der Waals surface area contributed by atoms with Gasteiger partial charge in [0, 0.05) is 85.8 Å². The quantitative estimate of drug-likeness (QED) is 0.126. The highest BCUT2D eigenvalue weighted by atomic mass is 32.1. The van der Waals surface area contributed by atoms with Crippen molar-refractivity contribution in [3.05, 3.63) is 70.8 Å². The van der Waals surface area contributed by atoms with Crippen LogP contribution in [0.5, 0.6) is 0 Å². The number of hydrazine groups is 1. The molecule has 1 aromatic carbocycles. The number of cyclic esters (lactones) is 1. The Kier molecular flexibility index (Phi) is 14.4. The van der Waals surface area contributed by atoms with Crippen LogP contribution in [0.3, 0.4) is 0 Å². The summed E-state index contributed by atoms with van der Waals surface area (Å²) >= 11 is 1.40. The molecule has 7 rings (SSSR count). The molecule has 4 aromatic rings. The Morgan fingerprint density at radius 3 is 2.63 bits per heavy atom. The summed E-state index contributed by atoms with van der Waals surface area (Å²) in [4.78, 5) is 81.5. The van der Waals surface area contributed by atoms with Gasteiger partial charge in [-0.25, -0.2) is 15.2 Å². The standard InChI is InChI=1S/C48H63N9O7S/c1-10-39(58)50-25-31-18-21-56(31)47(62)54(8)42(28(3)4)44(59)52-36-23-40-51-37(26-65-40)30-16-17-38-33(22-30)34(43(55(38)11-2)32-14-12-19-49-41(32)29(5)63-9)24-48(6,7)27-64-46(61)35-15-13-20-57(53-35)45(36)60/h10,12,14,16-17,19,22,26,28-29,31,35-36,42,53H,1,11,13,15,18,20-21,23-25,27H2,2-9H3,(H,50,58)(H,52,59)/t29-,31-,35-,36-,42?/m0/s1. The molecule has 16 nitrogen and oxygen atoms in total. The number of carbonyl (C=O) groups excluding carboxylic acids is 5. The fourth-order valence-electron chi connectivity index (χ4n) is 9.26. The molecule has 6 heterocycles. The molecule has 3 aromatic heterocycles. The minimum atomic E-state index is -1.09. The lowest BCUT2D eigenvalue weighted by Crippen LogP contribution is -2.64. The molecule has 348 valence electrons. The number of carbonyl (C=O) groups is 5. The van der Waals surface area contributed by atoms with E-state index in [1.54, 1.807) is 25.3 Å². The van der Waals surface area contributed by atoms with Crippen molar-refractivity contribution in [3.8, 4) is 22.5 Å². The first-order valence-electron chi connectivity index (χ1n) is 22.6. The van der Waals surface area contributed by atoms with Gasteiger partial charge in [0.15, 0.2) is 0 Å². The highest BCUT2D eigenvalue weighted by Gasteiger charge is 2.41. The summed E-state index contributed by atoms with van der Waals surface area (Å²) in [7, 11) is 3.27. The number of nitrogens with zero attached hydrogens (tertiary/aromatic N) is 6. The van der Waals surface area contributed by atoms with Crippen LogP contribution in [-0.2, 0) is 48.0 Å². The summed E-state index contributed by atoms with van der Waals surface area (Å²) in [6.45, 7) is 17.4. The van der Waals surface area contributed by atoms with Gasteiger partial charge < -0.3 is 34.5 Å². The number of nitrogens with one attached hydrogen (secondary N) is 3. The smallest absolute Gasteiger partial charge is 0.324 e. The third kappa shape index (κ3) is 9.97. The molecule has 65 heavy (non-hydrogen) atoms. The van der Waals surface area contributed by atoms with Crippen molar-refractivity contribution >= 4 is 52.0 Å². The van der Waals surface area contributed by atoms with Gasteiger partial charge in [-0.2, -0.15) is 0 Å². The van der Waals surface area contributed by atoms with E-state index in [4.69, 9.17) is 19.4 Å². The van der Waals surface area contributed by atoms with Gasteiger partial charge in [-0.15, -0.1) is 11.3 Å². The van der Waals surface area contributed by atoms with Crippen molar-refractivity contribution in [1.29, 1.82) is 0 Å². The number of aromatic nitrogens is 3. The normalized spacial score (nSPS) is 20.9. The lowest BCUT2D eigenvalue weighted by Gasteiger charge is -2.44. The predicted octanol–water partition coefficient (Wildman–Crippen LogP) is 5.66. The largest absolute Gasteiger partial charge is 0.464 e. The van der Waals surface area contributed by atoms with Crippen LogP contribution in [0.2, 0.25) is 0 Å². The SMILES string of the molecule is C=CC(=O)NC[C@@H]1CCN1C(=O)N(C)C(C(=O)N[C@H]1Cc2nc(cs2)-c2ccc3c(c2)c(c(-c2cccnc2[C@H](C)OC)n3CC)CC(C)(C)COC(=O)[C@@H]2CCCN(N2)C1=O)C(C)C. The minimum absolute atomic E-state index is 0.0712. The number of ether oxygens (including phenoxy) is 2. The van der Waals surface area contributed by atoms with E-state index < -0.39 is 41.3 Å². The van der Waals surface area contributed by atoms with E-state index in [-0.39, 0.29) is 49.6 Å². The Morgan fingerprint density at radius 1 is 1.15 bits per heavy atom. The molecule has 17 heteroatoms. The van der Waals surface area contributed by atoms with E-state index >= 15 is 0 Å². The first-order valence-corrected chi connectivity index (χ1v) is 23.5. The Morgan fingerprint density at radius 2 is 1.94 bits per heavy atom. The third-order valence-corrected chi connectivity index (χ3v) is 13.7. The predicted molar refractivity (Wildman–Crippen MR) is 249 cm³/mol. The summed E-state index contributed by atoms with van der Waals surface area (Å²) in [5, 5.41) is 10.8. The zero-order valence-corrected chi connectivity index (χ0v) is 39.6. The summed E-state index contributed by atoms with van der Waals surface area (Å²) in [5.74, 6) is -2.03. The van der Waals surface area contributed by atoms with Crippen LogP contribution in [0.1, 0.15) is 83.2 Å². The Balaban J connectivity index is 1.25. The molecule has 6 bridgehead atoms. The number of hydrogen-bond donors (Lipinski definition) is 3. The number of benzene rings is 1. The number of likely N-dealkylation sites (tertiary alicyclic amines) is 1. The van der Waals surface area contributed by atoms with Gasteiger partial charge in [0.1, 0.15) is 18.1 Å². The molecule has 3 N–H and O–H groups in total. The average Bonchev–Trinajstić information content (AvgIpc) is 3.88. The van der Waals surface area contributed by atoms with Gasteiger partial charge in [0.05, 0.1) is 40.8 Å². The molecule has 2 saturated heterocycles. The summed E-state index contributed by atoms with van der Waals surface area (Å²) in [6.07, 6.45) is 5.07. The monoisotopic (exact) mass is 909 g/mol. The fourth-order valence-corrected chi connectivity index (χ4v) is 10.1. The second-order valence-electron chi connectivity index (χ2n) is 18.4. The maximum atomic E-state index is 14.6. The molecule has 5 amide bonds. The van der Waals surface area contributed by atoms with E-state index in [1.165, 1.54) is 27.3 Å². The lowest BCUT2D eigenvalue weighted by molar-refractivity contribution is -0.155. The van der Waals surface area contributed by atoms with Crippen LogP contribution in [0.4, 0.5) is 4.79 Å². The van der Waals surface area contributed by atoms with Crippen molar-refractivity contribution < 1.29 is 33.4 Å². The number of aryl methyl sites for hydroxylation is 1. The van der Waals surface area contributed by atoms with Gasteiger partial charge >= 0.3 is 12.0 Å². The topological polar surface area (TPSA) is 180 Å². The van der Waals surface area contributed by atoms with E-state index in [0.717, 1.165) is 44.7 Å². The lowest BCUT2D eigenvalue weighted by atomic mass is 9.84. The number of methoxy groups -OCH3 is 1. The molecule has 0 radical (unpaired) electrons. The number of hydrogen-bond acceptors (Lipinski definition) is 11. The summed E-state index contributed by atoms with van der Waals surface area (Å²) in [5.41, 5.74) is 9.24. The molecular formula is C48H63N9O7S. The van der Waals surface area contributed by atoms with Gasteiger partial charge in [0.2, 0.25) is 11.8 Å². The maximum absolute atomic E-state index is 14.6. The first-order chi connectivity index (χ1) is 31.0.